The van der Waals surface area contributed by atoms with Gasteiger partial charge in [0.15, 0.2) is 0 Å². The molecule has 0 aromatic carbocycles. The van der Waals surface area contributed by atoms with Gasteiger partial charge in [-0.2, -0.15) is 0 Å². The summed E-state index contributed by atoms with van der Waals surface area (Å²) in [5, 5.41) is 3.37. The summed E-state index contributed by atoms with van der Waals surface area (Å²) in [5.74, 6) is 0.359. The lowest BCUT2D eigenvalue weighted by atomic mass is 10.2. The van der Waals surface area contributed by atoms with Gasteiger partial charge in [0.1, 0.15) is 5.78 Å². The third-order valence-electron chi connectivity index (χ3n) is 2.85. The summed E-state index contributed by atoms with van der Waals surface area (Å²) in [6.45, 7) is 3.01. The highest BCUT2D eigenvalue weighted by molar-refractivity contribution is 7.12. The monoisotopic (exact) mass is 237 g/mol. The van der Waals surface area contributed by atoms with E-state index in [0.29, 0.717) is 24.7 Å². The van der Waals surface area contributed by atoms with E-state index in [1.54, 1.807) is 11.3 Å². The Balaban J connectivity index is 1.68. The first-order chi connectivity index (χ1) is 7.78. The van der Waals surface area contributed by atoms with Crippen molar-refractivity contribution in [2.45, 2.75) is 45.1 Å². The zero-order valence-corrected chi connectivity index (χ0v) is 10.6. The van der Waals surface area contributed by atoms with Crippen LogP contribution in [-0.4, -0.2) is 18.4 Å². The lowest BCUT2D eigenvalue weighted by molar-refractivity contribution is -0.118. The van der Waals surface area contributed by atoms with Crippen LogP contribution in [0, 0.1) is 0 Å². The molecule has 2 rings (SSSR count). The molecule has 0 atom stereocenters. The van der Waals surface area contributed by atoms with Crippen LogP contribution in [0.4, 0.5) is 0 Å². The van der Waals surface area contributed by atoms with Crippen LogP contribution in [-0.2, 0) is 17.6 Å². The molecule has 0 bridgehead atoms. The Hall–Kier alpha value is -0.670. The predicted molar refractivity (Wildman–Crippen MR) is 68.0 cm³/mol. The number of ketones is 1. The van der Waals surface area contributed by atoms with E-state index >= 15 is 0 Å². The lowest BCUT2D eigenvalue weighted by Gasteiger charge is -2.01. The topological polar surface area (TPSA) is 29.1 Å². The number of carbonyl (C=O) groups excluding carboxylic acids is 1. The molecule has 3 heteroatoms. The fraction of sp³-hybridized carbons (Fsp3) is 0.615. The van der Waals surface area contributed by atoms with Crippen LogP contribution in [0.1, 0.15) is 35.9 Å². The molecule has 1 N–H and O–H groups in total. The summed E-state index contributed by atoms with van der Waals surface area (Å²) in [7, 11) is 0. The van der Waals surface area contributed by atoms with Crippen molar-refractivity contribution in [1.29, 1.82) is 0 Å². The van der Waals surface area contributed by atoms with Crippen LogP contribution >= 0.6 is 11.3 Å². The van der Waals surface area contributed by atoms with Crippen molar-refractivity contribution in [3.63, 3.8) is 0 Å². The van der Waals surface area contributed by atoms with Crippen molar-refractivity contribution < 1.29 is 4.79 Å². The molecule has 16 heavy (non-hydrogen) atoms. The molecule has 1 saturated carbocycles. The van der Waals surface area contributed by atoms with Crippen molar-refractivity contribution in [2.24, 2.45) is 0 Å². The Morgan fingerprint density at radius 3 is 2.81 bits per heavy atom. The summed E-state index contributed by atoms with van der Waals surface area (Å²) in [6.07, 6.45) is 4.95. The minimum atomic E-state index is 0.359. The van der Waals surface area contributed by atoms with E-state index in [2.05, 4.69) is 24.4 Å². The van der Waals surface area contributed by atoms with Gasteiger partial charge in [-0.3, -0.25) is 4.79 Å². The lowest BCUT2D eigenvalue weighted by Crippen LogP contribution is -2.20. The van der Waals surface area contributed by atoms with Crippen LogP contribution < -0.4 is 5.32 Å². The van der Waals surface area contributed by atoms with Gasteiger partial charge in [-0.25, -0.2) is 0 Å². The van der Waals surface area contributed by atoms with Crippen LogP contribution in [0.5, 0.6) is 0 Å². The van der Waals surface area contributed by atoms with Gasteiger partial charge in [0.2, 0.25) is 0 Å². The minimum absolute atomic E-state index is 0.359. The summed E-state index contributed by atoms with van der Waals surface area (Å²) < 4.78 is 0. The summed E-state index contributed by atoms with van der Waals surface area (Å²) in [6, 6.07) is 4.94. The third kappa shape index (κ3) is 3.72. The van der Waals surface area contributed by atoms with E-state index in [9.17, 15) is 4.79 Å². The molecule has 1 aromatic rings. The number of hydrogen-bond donors (Lipinski definition) is 1. The third-order valence-corrected chi connectivity index (χ3v) is 4.08. The van der Waals surface area contributed by atoms with Crippen LogP contribution in [0.25, 0.3) is 0 Å². The quantitative estimate of drug-likeness (QED) is 0.789. The summed E-state index contributed by atoms with van der Waals surface area (Å²) in [4.78, 5) is 14.3. The standard InChI is InChI=1S/C13H19NOS/c1-2-12-5-6-13(16-12)9-11(15)7-8-14-10-3-4-10/h5-6,10,14H,2-4,7-9H2,1H3. The molecule has 0 amide bonds. The van der Waals surface area contributed by atoms with Crippen molar-refractivity contribution in [3.05, 3.63) is 21.9 Å². The Labute approximate surface area is 101 Å². The first-order valence-corrected chi connectivity index (χ1v) is 6.92. The van der Waals surface area contributed by atoms with Crippen molar-refractivity contribution in [2.75, 3.05) is 6.54 Å². The SMILES string of the molecule is CCc1ccc(CC(=O)CCNC2CC2)s1. The molecule has 0 spiro atoms. The van der Waals surface area contributed by atoms with E-state index in [0.717, 1.165) is 13.0 Å². The van der Waals surface area contributed by atoms with Gasteiger partial charge in [-0.15, -0.1) is 11.3 Å². The number of carbonyl (C=O) groups is 1. The molecule has 0 radical (unpaired) electrons. The Bertz CT molecular complexity index is 355. The number of aryl methyl sites for hydroxylation is 1. The zero-order chi connectivity index (χ0) is 11.4. The Morgan fingerprint density at radius 1 is 1.44 bits per heavy atom. The first-order valence-electron chi connectivity index (χ1n) is 6.10. The summed E-state index contributed by atoms with van der Waals surface area (Å²) >= 11 is 1.77. The number of thiophene rings is 1. The van der Waals surface area contributed by atoms with Crippen LogP contribution in [0.15, 0.2) is 12.1 Å². The van der Waals surface area contributed by atoms with Crippen LogP contribution in [0.3, 0.4) is 0 Å². The molecule has 0 saturated heterocycles. The van der Waals surface area contributed by atoms with Crippen LogP contribution in [0.2, 0.25) is 0 Å². The Kier molecular flexibility index (Phi) is 4.13. The largest absolute Gasteiger partial charge is 0.314 e. The number of rotatable bonds is 7. The molecule has 1 aliphatic rings. The molecular weight excluding hydrogens is 218 g/mol. The van der Waals surface area contributed by atoms with E-state index in [1.165, 1.54) is 22.6 Å². The molecule has 1 fully saturated rings. The molecule has 1 aromatic heterocycles. The van der Waals surface area contributed by atoms with E-state index in [-0.39, 0.29) is 0 Å². The molecular formula is C13H19NOS. The maximum absolute atomic E-state index is 11.7. The van der Waals surface area contributed by atoms with Gasteiger partial charge in [-0.05, 0) is 31.4 Å². The van der Waals surface area contributed by atoms with Gasteiger partial charge in [0.05, 0.1) is 0 Å². The second kappa shape index (κ2) is 5.60. The van der Waals surface area contributed by atoms with E-state index in [1.807, 2.05) is 0 Å². The fourth-order valence-corrected chi connectivity index (χ4v) is 2.68. The van der Waals surface area contributed by atoms with Crippen molar-refractivity contribution in [1.82, 2.24) is 5.32 Å². The van der Waals surface area contributed by atoms with Gasteiger partial charge in [0, 0.05) is 35.2 Å². The number of hydrogen-bond acceptors (Lipinski definition) is 3. The molecule has 1 aliphatic carbocycles. The average Bonchev–Trinajstić information content (AvgIpc) is 2.97. The fourth-order valence-electron chi connectivity index (χ4n) is 1.69. The average molecular weight is 237 g/mol. The highest BCUT2D eigenvalue weighted by atomic mass is 32.1. The maximum Gasteiger partial charge on any atom is 0.139 e. The van der Waals surface area contributed by atoms with Crippen molar-refractivity contribution >= 4 is 17.1 Å². The van der Waals surface area contributed by atoms with Gasteiger partial charge in [-0.1, -0.05) is 6.92 Å². The molecule has 2 nitrogen and oxygen atoms in total. The zero-order valence-electron chi connectivity index (χ0n) is 9.79. The minimum Gasteiger partial charge on any atom is -0.314 e. The van der Waals surface area contributed by atoms with E-state index in [4.69, 9.17) is 0 Å². The van der Waals surface area contributed by atoms with Gasteiger partial charge < -0.3 is 5.32 Å². The second-order valence-corrected chi connectivity index (χ2v) is 5.67. The Morgan fingerprint density at radius 2 is 2.19 bits per heavy atom. The first kappa shape index (κ1) is 11.8. The molecule has 0 unspecified atom stereocenters. The molecule has 1 heterocycles. The summed E-state index contributed by atoms with van der Waals surface area (Å²) in [5.41, 5.74) is 0. The number of nitrogens with one attached hydrogen (secondary N) is 1. The normalized spacial score (nSPS) is 15.3. The van der Waals surface area contributed by atoms with Gasteiger partial charge in [0.25, 0.3) is 0 Å². The predicted octanol–water partition coefficient (Wildman–Crippen LogP) is 2.56. The highest BCUT2D eigenvalue weighted by Gasteiger charge is 2.20. The maximum atomic E-state index is 11.7. The highest BCUT2D eigenvalue weighted by Crippen LogP contribution is 2.19. The van der Waals surface area contributed by atoms with Gasteiger partial charge >= 0.3 is 0 Å². The number of Topliss-reactive ketones (excluding diaryl/α,β-unsaturated/α-hetero) is 1. The molecule has 88 valence electrons. The molecule has 0 aliphatic heterocycles. The van der Waals surface area contributed by atoms with E-state index < -0.39 is 0 Å². The smallest absolute Gasteiger partial charge is 0.139 e. The second-order valence-electron chi connectivity index (χ2n) is 4.42. The van der Waals surface area contributed by atoms with Crippen molar-refractivity contribution in [3.8, 4) is 0 Å².